The van der Waals surface area contributed by atoms with Crippen LogP contribution in [0.15, 0.2) is 12.2 Å². The van der Waals surface area contributed by atoms with Gasteiger partial charge in [0.15, 0.2) is 5.78 Å². The second-order valence-corrected chi connectivity index (χ2v) is 4.15. The van der Waals surface area contributed by atoms with E-state index in [2.05, 4.69) is 11.0 Å². The number of ketones is 1. The van der Waals surface area contributed by atoms with E-state index in [1.165, 1.54) is 19.3 Å². The van der Waals surface area contributed by atoms with Crippen LogP contribution in [0.4, 0.5) is 0 Å². The topological polar surface area (TPSA) is 20.3 Å². The van der Waals surface area contributed by atoms with E-state index >= 15 is 0 Å². The predicted molar refractivity (Wildman–Crippen MR) is 45.8 cm³/mol. The van der Waals surface area contributed by atoms with Gasteiger partial charge in [0.05, 0.1) is 6.04 Å². The summed E-state index contributed by atoms with van der Waals surface area (Å²) in [4.78, 5) is 13.9. The van der Waals surface area contributed by atoms with Crippen LogP contribution in [0.1, 0.15) is 19.3 Å². The van der Waals surface area contributed by atoms with Crippen LogP contribution in [-0.2, 0) is 4.79 Å². The van der Waals surface area contributed by atoms with Crippen molar-refractivity contribution in [3.05, 3.63) is 12.2 Å². The minimum atomic E-state index is 0.272. The Labute approximate surface area is 72.2 Å². The molecule has 3 aliphatic heterocycles. The van der Waals surface area contributed by atoms with Crippen LogP contribution in [0.25, 0.3) is 0 Å². The average Bonchev–Trinajstić information content (AvgIpc) is 2.24. The van der Waals surface area contributed by atoms with E-state index in [9.17, 15) is 4.79 Å². The highest BCUT2D eigenvalue weighted by molar-refractivity contribution is 5.96. The number of carbonyl (C=O) groups is 1. The van der Waals surface area contributed by atoms with Crippen molar-refractivity contribution in [3.8, 4) is 0 Å². The molecule has 2 heteroatoms. The van der Waals surface area contributed by atoms with Crippen molar-refractivity contribution in [1.82, 2.24) is 4.90 Å². The van der Waals surface area contributed by atoms with Crippen LogP contribution >= 0.6 is 0 Å². The number of hydrogen-bond acceptors (Lipinski definition) is 2. The van der Waals surface area contributed by atoms with Gasteiger partial charge >= 0.3 is 0 Å². The Kier molecular flexibility index (Phi) is 1.25. The molecule has 12 heavy (non-hydrogen) atoms. The van der Waals surface area contributed by atoms with Gasteiger partial charge in [-0.2, -0.15) is 0 Å². The summed E-state index contributed by atoms with van der Waals surface area (Å²) < 4.78 is 0. The predicted octanol–water partition coefficient (Wildman–Crippen LogP) is 0.978. The second-order valence-electron chi connectivity index (χ2n) is 4.15. The first-order valence-corrected chi connectivity index (χ1v) is 4.84. The summed E-state index contributed by atoms with van der Waals surface area (Å²) in [5, 5.41) is 0. The molecule has 4 bridgehead atoms. The molecular formula is C10H13NO. The highest BCUT2D eigenvalue weighted by Gasteiger charge is 2.47. The largest absolute Gasteiger partial charge is 0.293 e. The number of carbonyl (C=O) groups excluding carboxylic acids is 1. The molecule has 0 radical (unpaired) electrons. The molecule has 4 atom stereocenters. The fourth-order valence-electron chi connectivity index (χ4n) is 3.06. The molecule has 2 fully saturated rings. The zero-order valence-corrected chi connectivity index (χ0v) is 7.07. The Morgan fingerprint density at radius 2 is 2.42 bits per heavy atom. The molecule has 0 spiro atoms. The molecule has 1 unspecified atom stereocenters. The quantitative estimate of drug-likeness (QED) is 0.530. The Hall–Kier alpha value is -0.630. The zero-order valence-electron chi connectivity index (χ0n) is 7.07. The third-order valence-corrected chi connectivity index (χ3v) is 3.54. The lowest BCUT2D eigenvalue weighted by Gasteiger charge is -2.34. The summed E-state index contributed by atoms with van der Waals surface area (Å²) in [7, 11) is 0. The lowest BCUT2D eigenvalue weighted by atomic mass is 9.90. The molecule has 64 valence electrons. The van der Waals surface area contributed by atoms with E-state index < -0.39 is 0 Å². The lowest BCUT2D eigenvalue weighted by Crippen LogP contribution is -2.47. The molecule has 0 amide bonds. The third-order valence-electron chi connectivity index (χ3n) is 3.54. The summed E-state index contributed by atoms with van der Waals surface area (Å²) >= 11 is 0. The van der Waals surface area contributed by atoms with Gasteiger partial charge in [-0.3, -0.25) is 9.69 Å². The summed E-state index contributed by atoms with van der Waals surface area (Å²) in [6, 6.07) is 0.869. The van der Waals surface area contributed by atoms with Crippen molar-refractivity contribution in [2.24, 2.45) is 5.92 Å². The molecule has 3 rings (SSSR count). The van der Waals surface area contributed by atoms with E-state index in [0.717, 1.165) is 6.54 Å². The minimum Gasteiger partial charge on any atom is -0.293 e. The van der Waals surface area contributed by atoms with Gasteiger partial charge in [-0.15, -0.1) is 0 Å². The molecule has 3 aliphatic rings. The first-order valence-electron chi connectivity index (χ1n) is 4.84. The first-order chi connectivity index (χ1) is 5.86. The maximum absolute atomic E-state index is 11.5. The van der Waals surface area contributed by atoms with E-state index in [1.54, 1.807) is 6.08 Å². The van der Waals surface area contributed by atoms with Gasteiger partial charge in [0.2, 0.25) is 0 Å². The molecule has 0 aromatic carbocycles. The Morgan fingerprint density at radius 3 is 3.25 bits per heavy atom. The molecule has 0 N–H and O–H groups in total. The minimum absolute atomic E-state index is 0.272. The van der Waals surface area contributed by atoms with E-state index in [-0.39, 0.29) is 6.04 Å². The van der Waals surface area contributed by atoms with Crippen LogP contribution in [-0.4, -0.2) is 29.3 Å². The molecule has 0 saturated carbocycles. The van der Waals surface area contributed by atoms with Crippen molar-refractivity contribution in [2.75, 3.05) is 6.54 Å². The standard InChI is InChI=1S/C10H13NO/c12-9-4-3-8-6-7-2-1-5-11(8)10(7)9/h3-4,7-8,10H,1-2,5-6H2/t7-,8+,10-/m1/s1. The Morgan fingerprint density at radius 1 is 1.50 bits per heavy atom. The second kappa shape index (κ2) is 2.19. The lowest BCUT2D eigenvalue weighted by molar-refractivity contribution is -0.121. The van der Waals surface area contributed by atoms with Crippen LogP contribution in [0.2, 0.25) is 0 Å². The third kappa shape index (κ3) is 0.712. The molecule has 2 nitrogen and oxygen atoms in total. The summed E-state index contributed by atoms with van der Waals surface area (Å²) in [5.41, 5.74) is 0. The fraction of sp³-hybridized carbons (Fsp3) is 0.700. The summed E-state index contributed by atoms with van der Waals surface area (Å²) in [6.45, 7) is 1.14. The average molecular weight is 163 g/mol. The molecule has 0 aromatic rings. The van der Waals surface area contributed by atoms with Crippen molar-refractivity contribution in [2.45, 2.75) is 31.3 Å². The Bertz CT molecular complexity index is 259. The molecule has 0 aliphatic carbocycles. The number of piperidine rings is 1. The highest BCUT2D eigenvalue weighted by atomic mass is 16.1. The summed E-state index contributed by atoms with van der Waals surface area (Å²) in [6.07, 6.45) is 7.69. The van der Waals surface area contributed by atoms with Gasteiger partial charge in [0.1, 0.15) is 0 Å². The maximum Gasteiger partial charge on any atom is 0.172 e. The van der Waals surface area contributed by atoms with Gasteiger partial charge in [-0.1, -0.05) is 6.08 Å². The van der Waals surface area contributed by atoms with Gasteiger partial charge in [0, 0.05) is 6.04 Å². The van der Waals surface area contributed by atoms with Crippen LogP contribution in [0.5, 0.6) is 0 Å². The first kappa shape index (κ1) is 6.84. The van der Waals surface area contributed by atoms with Crippen molar-refractivity contribution < 1.29 is 4.79 Å². The smallest absolute Gasteiger partial charge is 0.172 e. The highest BCUT2D eigenvalue weighted by Crippen LogP contribution is 2.40. The molecule has 2 saturated heterocycles. The van der Waals surface area contributed by atoms with Gasteiger partial charge in [0.25, 0.3) is 0 Å². The molecule has 3 heterocycles. The fourth-order valence-corrected chi connectivity index (χ4v) is 3.06. The van der Waals surface area contributed by atoms with Gasteiger partial charge < -0.3 is 0 Å². The van der Waals surface area contributed by atoms with E-state index in [0.29, 0.717) is 17.7 Å². The van der Waals surface area contributed by atoms with Crippen LogP contribution in [0, 0.1) is 5.92 Å². The van der Waals surface area contributed by atoms with Crippen molar-refractivity contribution in [3.63, 3.8) is 0 Å². The van der Waals surface area contributed by atoms with Crippen LogP contribution in [0.3, 0.4) is 0 Å². The normalized spacial score (nSPS) is 49.8. The van der Waals surface area contributed by atoms with Gasteiger partial charge in [-0.25, -0.2) is 0 Å². The van der Waals surface area contributed by atoms with Crippen molar-refractivity contribution in [1.29, 1.82) is 0 Å². The number of nitrogens with zero attached hydrogens (tertiary/aromatic N) is 1. The van der Waals surface area contributed by atoms with Crippen molar-refractivity contribution >= 4 is 5.78 Å². The van der Waals surface area contributed by atoms with Crippen LogP contribution < -0.4 is 0 Å². The monoisotopic (exact) mass is 163 g/mol. The zero-order chi connectivity index (χ0) is 8.13. The summed E-state index contributed by atoms with van der Waals surface area (Å²) in [5.74, 6) is 1.03. The molecular weight excluding hydrogens is 150 g/mol. The maximum atomic E-state index is 11.5. The SMILES string of the molecule is O=C1C=C[C@H]2C[C@H]3CCCN2[C@@H]13. The van der Waals surface area contributed by atoms with E-state index in [1.807, 2.05) is 0 Å². The Balaban J connectivity index is 2.03. The molecule has 0 aromatic heterocycles. The van der Waals surface area contributed by atoms with E-state index in [4.69, 9.17) is 0 Å². The van der Waals surface area contributed by atoms with Gasteiger partial charge in [-0.05, 0) is 37.8 Å². The number of hydrogen-bond donors (Lipinski definition) is 0. The number of rotatable bonds is 0.